The van der Waals surface area contributed by atoms with Crippen molar-refractivity contribution in [2.24, 2.45) is 5.73 Å². The summed E-state index contributed by atoms with van der Waals surface area (Å²) in [6.07, 6.45) is 0. The van der Waals surface area contributed by atoms with Crippen LogP contribution in [-0.4, -0.2) is 28.4 Å². The van der Waals surface area contributed by atoms with Gasteiger partial charge in [-0.25, -0.2) is 0 Å². The molecule has 0 atom stereocenters. The molecule has 20 heavy (non-hydrogen) atoms. The second kappa shape index (κ2) is 5.88. The van der Waals surface area contributed by atoms with E-state index in [1.807, 2.05) is 18.2 Å². The molecular weight excluding hydrogens is 258 g/mol. The van der Waals surface area contributed by atoms with Crippen molar-refractivity contribution in [2.75, 3.05) is 28.4 Å². The average molecular weight is 277 g/mol. The lowest BCUT2D eigenvalue weighted by molar-refractivity contribution is 0.390. The number of ether oxygens (including phenoxy) is 4. The van der Waals surface area contributed by atoms with E-state index in [1.54, 1.807) is 28.4 Å². The molecule has 0 spiro atoms. The second-order valence-corrected chi connectivity index (χ2v) is 4.20. The van der Waals surface area contributed by atoms with Crippen molar-refractivity contribution in [3.8, 4) is 23.0 Å². The Morgan fingerprint density at radius 2 is 1.35 bits per heavy atom. The number of fused-ring (bicyclic) bond motifs is 1. The maximum atomic E-state index is 5.80. The first-order valence-electron chi connectivity index (χ1n) is 6.20. The molecule has 0 aromatic heterocycles. The zero-order valence-corrected chi connectivity index (χ0v) is 12.1. The minimum atomic E-state index is 0.343. The Bertz CT molecular complexity index is 625. The van der Waals surface area contributed by atoms with Gasteiger partial charge in [-0.1, -0.05) is 0 Å². The van der Waals surface area contributed by atoms with E-state index in [1.165, 1.54) is 0 Å². The Balaban J connectivity index is 2.99. The van der Waals surface area contributed by atoms with Gasteiger partial charge in [0.05, 0.1) is 39.2 Å². The van der Waals surface area contributed by atoms with Crippen LogP contribution in [0.4, 0.5) is 0 Å². The van der Waals surface area contributed by atoms with Crippen molar-refractivity contribution >= 4 is 10.8 Å². The van der Waals surface area contributed by atoms with Crippen LogP contribution in [0, 0.1) is 0 Å². The smallest absolute Gasteiger partial charge is 0.135 e. The Labute approximate surface area is 118 Å². The SMILES string of the molecule is COc1ccc(OC)c2c(OC)c(CN)cc(OC)c12. The fourth-order valence-corrected chi connectivity index (χ4v) is 2.38. The maximum absolute atomic E-state index is 5.80. The van der Waals surface area contributed by atoms with Crippen molar-refractivity contribution in [3.05, 3.63) is 23.8 Å². The highest BCUT2D eigenvalue weighted by molar-refractivity contribution is 6.03. The molecule has 0 aliphatic heterocycles. The van der Waals surface area contributed by atoms with Gasteiger partial charge in [-0.05, 0) is 18.2 Å². The van der Waals surface area contributed by atoms with Gasteiger partial charge in [-0.15, -0.1) is 0 Å². The summed E-state index contributed by atoms with van der Waals surface area (Å²) in [7, 11) is 6.45. The van der Waals surface area contributed by atoms with E-state index in [-0.39, 0.29) is 0 Å². The standard InChI is InChI=1S/C15H19NO4/c1-17-10-5-6-11(18-2)14-13(10)12(19-3)7-9(8-16)15(14)20-4/h5-7H,8,16H2,1-4H3. The number of rotatable bonds is 5. The average Bonchev–Trinajstić information content (AvgIpc) is 2.51. The predicted octanol–water partition coefficient (Wildman–Crippen LogP) is 2.33. The van der Waals surface area contributed by atoms with Crippen LogP contribution < -0.4 is 24.7 Å². The number of methoxy groups -OCH3 is 4. The molecule has 0 radical (unpaired) electrons. The molecule has 2 N–H and O–H groups in total. The number of benzene rings is 2. The van der Waals surface area contributed by atoms with Gasteiger partial charge in [0.2, 0.25) is 0 Å². The fraction of sp³-hybridized carbons (Fsp3) is 0.333. The summed E-state index contributed by atoms with van der Waals surface area (Å²) in [5.41, 5.74) is 6.65. The Morgan fingerprint density at radius 3 is 1.80 bits per heavy atom. The summed E-state index contributed by atoms with van der Waals surface area (Å²) in [5.74, 6) is 2.74. The third kappa shape index (κ3) is 2.10. The normalized spacial score (nSPS) is 10.4. The summed E-state index contributed by atoms with van der Waals surface area (Å²) >= 11 is 0. The van der Waals surface area contributed by atoms with E-state index in [0.717, 1.165) is 16.3 Å². The Kier molecular flexibility index (Phi) is 4.20. The zero-order chi connectivity index (χ0) is 14.7. The topological polar surface area (TPSA) is 62.9 Å². The minimum absolute atomic E-state index is 0.343. The third-order valence-corrected chi connectivity index (χ3v) is 3.28. The van der Waals surface area contributed by atoms with Gasteiger partial charge in [-0.2, -0.15) is 0 Å². The van der Waals surface area contributed by atoms with Crippen molar-refractivity contribution in [1.29, 1.82) is 0 Å². The lowest BCUT2D eigenvalue weighted by Crippen LogP contribution is -2.03. The number of nitrogens with two attached hydrogens (primary N) is 1. The van der Waals surface area contributed by atoms with Gasteiger partial charge in [0.25, 0.3) is 0 Å². The number of hydrogen-bond acceptors (Lipinski definition) is 5. The van der Waals surface area contributed by atoms with Crippen LogP contribution >= 0.6 is 0 Å². The van der Waals surface area contributed by atoms with Gasteiger partial charge < -0.3 is 24.7 Å². The first kappa shape index (κ1) is 14.3. The first-order chi connectivity index (χ1) is 9.71. The summed E-state index contributed by atoms with van der Waals surface area (Å²) in [6.45, 7) is 0.343. The molecule has 0 saturated carbocycles. The summed E-state index contributed by atoms with van der Waals surface area (Å²) in [6, 6.07) is 5.54. The van der Waals surface area contributed by atoms with Crippen LogP contribution in [0.15, 0.2) is 18.2 Å². The van der Waals surface area contributed by atoms with Gasteiger partial charge in [0.15, 0.2) is 0 Å². The van der Waals surface area contributed by atoms with Crippen molar-refractivity contribution < 1.29 is 18.9 Å². The predicted molar refractivity (Wildman–Crippen MR) is 78.0 cm³/mol. The highest BCUT2D eigenvalue weighted by atomic mass is 16.5. The maximum Gasteiger partial charge on any atom is 0.135 e. The molecule has 5 heteroatoms. The van der Waals surface area contributed by atoms with Crippen molar-refractivity contribution in [2.45, 2.75) is 6.54 Å². The van der Waals surface area contributed by atoms with Crippen LogP contribution in [0.3, 0.4) is 0 Å². The molecule has 5 nitrogen and oxygen atoms in total. The third-order valence-electron chi connectivity index (χ3n) is 3.28. The summed E-state index contributed by atoms with van der Waals surface area (Å²) in [4.78, 5) is 0. The molecule has 0 aliphatic carbocycles. The van der Waals surface area contributed by atoms with Crippen LogP contribution in [0.2, 0.25) is 0 Å². The van der Waals surface area contributed by atoms with Crippen molar-refractivity contribution in [3.63, 3.8) is 0 Å². The van der Waals surface area contributed by atoms with Crippen LogP contribution in [0.5, 0.6) is 23.0 Å². The van der Waals surface area contributed by atoms with Crippen LogP contribution in [0.1, 0.15) is 5.56 Å². The first-order valence-corrected chi connectivity index (χ1v) is 6.20. The minimum Gasteiger partial charge on any atom is -0.496 e. The van der Waals surface area contributed by atoms with E-state index in [0.29, 0.717) is 29.5 Å². The Hall–Kier alpha value is -2.14. The number of hydrogen-bond donors (Lipinski definition) is 1. The van der Waals surface area contributed by atoms with E-state index >= 15 is 0 Å². The molecule has 2 aromatic rings. The molecule has 0 aliphatic rings. The molecule has 0 fully saturated rings. The lowest BCUT2D eigenvalue weighted by atomic mass is 10.0. The molecular formula is C15H19NO4. The Morgan fingerprint density at radius 1 is 0.800 bits per heavy atom. The highest BCUT2D eigenvalue weighted by Crippen LogP contribution is 2.46. The van der Waals surface area contributed by atoms with Gasteiger partial charge in [-0.3, -0.25) is 0 Å². The highest BCUT2D eigenvalue weighted by Gasteiger charge is 2.20. The van der Waals surface area contributed by atoms with E-state index in [9.17, 15) is 0 Å². The molecule has 0 saturated heterocycles. The van der Waals surface area contributed by atoms with Gasteiger partial charge >= 0.3 is 0 Å². The zero-order valence-electron chi connectivity index (χ0n) is 12.1. The summed E-state index contributed by atoms with van der Waals surface area (Å²) in [5, 5.41) is 1.61. The lowest BCUT2D eigenvalue weighted by Gasteiger charge is -2.18. The molecule has 2 rings (SSSR count). The molecule has 0 bridgehead atoms. The summed E-state index contributed by atoms with van der Waals surface area (Å²) < 4.78 is 21.8. The monoisotopic (exact) mass is 277 g/mol. The van der Waals surface area contributed by atoms with Crippen molar-refractivity contribution in [1.82, 2.24) is 0 Å². The van der Waals surface area contributed by atoms with Gasteiger partial charge in [0.1, 0.15) is 23.0 Å². The molecule has 0 heterocycles. The van der Waals surface area contributed by atoms with E-state index < -0.39 is 0 Å². The second-order valence-electron chi connectivity index (χ2n) is 4.20. The molecule has 2 aromatic carbocycles. The molecule has 0 unspecified atom stereocenters. The van der Waals surface area contributed by atoms with E-state index in [4.69, 9.17) is 24.7 Å². The van der Waals surface area contributed by atoms with Crippen LogP contribution in [0.25, 0.3) is 10.8 Å². The van der Waals surface area contributed by atoms with E-state index in [2.05, 4.69) is 0 Å². The fourth-order valence-electron chi connectivity index (χ4n) is 2.38. The largest absolute Gasteiger partial charge is 0.496 e. The van der Waals surface area contributed by atoms with Crippen LogP contribution in [-0.2, 0) is 6.54 Å². The molecule has 108 valence electrons. The quantitative estimate of drug-likeness (QED) is 0.908. The van der Waals surface area contributed by atoms with Gasteiger partial charge in [0, 0.05) is 12.1 Å². The molecule has 0 amide bonds.